The zero-order valence-electron chi connectivity index (χ0n) is 23.5. The Bertz CT molecular complexity index is 1560. The number of hydrogen-bond acceptors (Lipinski definition) is 5. The molecule has 3 heterocycles. The van der Waals surface area contributed by atoms with Crippen LogP contribution in [0.5, 0.6) is 0 Å². The summed E-state index contributed by atoms with van der Waals surface area (Å²) in [5.74, 6) is -0.0964. The van der Waals surface area contributed by atoms with Crippen molar-refractivity contribution in [2.75, 3.05) is 26.2 Å². The molecule has 2 aromatic carbocycles. The number of amides is 1. The van der Waals surface area contributed by atoms with Gasteiger partial charge in [0.1, 0.15) is 5.01 Å². The monoisotopic (exact) mass is 574 g/mol. The fourth-order valence-electron chi connectivity index (χ4n) is 5.44. The second-order valence-electron chi connectivity index (χ2n) is 10.4. The van der Waals surface area contributed by atoms with Crippen LogP contribution in [0, 0.1) is 0 Å². The molecule has 0 aliphatic carbocycles. The molecule has 1 amide bonds. The molecule has 1 aliphatic heterocycles. The van der Waals surface area contributed by atoms with Crippen molar-refractivity contribution in [3.63, 3.8) is 0 Å². The molecule has 6 nitrogen and oxygen atoms in total. The smallest absolute Gasteiger partial charge is 0.265 e. The average Bonchev–Trinajstić information content (AvgIpc) is 3.47. The molecule has 8 heteroatoms. The summed E-state index contributed by atoms with van der Waals surface area (Å²) in [5, 5.41) is 6.53. The van der Waals surface area contributed by atoms with Crippen LogP contribution in [0.25, 0.3) is 27.5 Å². The van der Waals surface area contributed by atoms with Gasteiger partial charge in [-0.05, 0) is 48.1 Å². The van der Waals surface area contributed by atoms with E-state index in [-0.39, 0.29) is 17.4 Å². The molecule has 208 valence electrons. The summed E-state index contributed by atoms with van der Waals surface area (Å²) in [7, 11) is 0. The number of carbonyl (C=O) groups excluding carboxylic acids is 1. The minimum Gasteiger partial charge on any atom is -0.336 e. The summed E-state index contributed by atoms with van der Waals surface area (Å²) >= 11 is 7.51. The second-order valence-corrected chi connectivity index (χ2v) is 11.7. The summed E-state index contributed by atoms with van der Waals surface area (Å²) in [6.07, 6.45) is 1.55. The van der Waals surface area contributed by atoms with Crippen LogP contribution in [-0.4, -0.2) is 46.5 Å². The van der Waals surface area contributed by atoms with E-state index in [1.54, 1.807) is 6.07 Å². The number of halogens is 1. The van der Waals surface area contributed by atoms with Crippen molar-refractivity contribution in [3.05, 3.63) is 91.7 Å². The number of nitrogens with one attached hydrogen (secondary N) is 1. The van der Waals surface area contributed by atoms with Crippen LogP contribution in [0.3, 0.4) is 0 Å². The van der Waals surface area contributed by atoms with Crippen LogP contribution < -0.4 is 10.9 Å². The number of thiazole rings is 1. The molecular weight excluding hydrogens is 540 g/mol. The van der Waals surface area contributed by atoms with Crippen LogP contribution in [0.15, 0.2) is 58.7 Å². The normalized spacial score (nSPS) is 13.7. The lowest BCUT2D eigenvalue weighted by molar-refractivity contribution is 0.0733. The summed E-state index contributed by atoms with van der Waals surface area (Å²) in [6.45, 7) is 11.1. The number of carbonyl (C=O) groups is 1. The van der Waals surface area contributed by atoms with Gasteiger partial charge in [-0.1, -0.05) is 69.6 Å². The Morgan fingerprint density at radius 1 is 1.05 bits per heavy atom. The van der Waals surface area contributed by atoms with Crippen molar-refractivity contribution >= 4 is 28.8 Å². The van der Waals surface area contributed by atoms with Crippen LogP contribution in [0.2, 0.25) is 5.02 Å². The summed E-state index contributed by atoms with van der Waals surface area (Å²) in [6, 6.07) is 15.5. The first-order valence-electron chi connectivity index (χ1n) is 14.0. The van der Waals surface area contributed by atoms with E-state index in [0.29, 0.717) is 34.2 Å². The molecule has 1 aliphatic rings. The van der Waals surface area contributed by atoms with Gasteiger partial charge >= 0.3 is 0 Å². The summed E-state index contributed by atoms with van der Waals surface area (Å²) in [5.41, 5.74) is 6.39. The average molecular weight is 575 g/mol. The Balaban J connectivity index is 1.80. The van der Waals surface area contributed by atoms with Gasteiger partial charge in [0, 0.05) is 47.8 Å². The standard InChI is InChI=1S/C32H35ClN4O2S/c1-5-21-8-7-9-22(6-2)29(21)37-28(20(3)4)25(31(38)36-16-14-34-15-17-36)18-26(32(37)39)30-35-27(19-40-30)23-10-12-24(33)13-11-23/h7-13,18-20,34H,5-6,14-17H2,1-4H3. The maximum atomic E-state index is 14.6. The third-order valence-electron chi connectivity index (χ3n) is 7.48. The second kappa shape index (κ2) is 12.1. The minimum atomic E-state index is -0.145. The van der Waals surface area contributed by atoms with E-state index in [1.165, 1.54) is 11.3 Å². The zero-order valence-corrected chi connectivity index (χ0v) is 25.0. The number of piperazine rings is 1. The van der Waals surface area contributed by atoms with Gasteiger partial charge in [-0.2, -0.15) is 0 Å². The maximum Gasteiger partial charge on any atom is 0.265 e. The van der Waals surface area contributed by atoms with Crippen molar-refractivity contribution in [2.45, 2.75) is 46.5 Å². The van der Waals surface area contributed by atoms with Gasteiger partial charge in [0.15, 0.2) is 0 Å². The molecule has 0 bridgehead atoms. The molecule has 1 N–H and O–H groups in total. The van der Waals surface area contributed by atoms with E-state index in [9.17, 15) is 9.59 Å². The summed E-state index contributed by atoms with van der Waals surface area (Å²) < 4.78 is 1.83. The lowest BCUT2D eigenvalue weighted by atomic mass is 9.96. The number of pyridine rings is 1. The molecule has 40 heavy (non-hydrogen) atoms. The molecular formula is C32H35ClN4O2S. The predicted octanol–water partition coefficient (Wildman–Crippen LogP) is 6.58. The maximum absolute atomic E-state index is 14.6. The Kier molecular flexibility index (Phi) is 8.54. The van der Waals surface area contributed by atoms with Crippen LogP contribution >= 0.6 is 22.9 Å². The molecule has 0 spiro atoms. The first kappa shape index (κ1) is 28.3. The van der Waals surface area contributed by atoms with E-state index in [0.717, 1.165) is 59.7 Å². The van der Waals surface area contributed by atoms with Gasteiger partial charge < -0.3 is 10.2 Å². The Hall–Kier alpha value is -3.26. The number of rotatable bonds is 7. The Morgan fingerprint density at radius 3 is 2.30 bits per heavy atom. The molecule has 2 aromatic heterocycles. The van der Waals surface area contributed by atoms with Gasteiger partial charge in [0.2, 0.25) is 0 Å². The van der Waals surface area contributed by atoms with Crippen molar-refractivity contribution in [3.8, 4) is 27.5 Å². The number of hydrogen-bond donors (Lipinski definition) is 1. The molecule has 0 saturated carbocycles. The molecule has 1 saturated heterocycles. The van der Waals surface area contributed by atoms with E-state index in [2.05, 4.69) is 51.2 Å². The SMILES string of the molecule is CCc1cccc(CC)c1-n1c(C(C)C)c(C(=O)N2CCNCC2)cc(-c2nc(-c3ccc(Cl)cc3)cs2)c1=O. The molecule has 0 atom stereocenters. The molecule has 5 rings (SSSR count). The molecule has 0 unspecified atom stereocenters. The first-order chi connectivity index (χ1) is 19.3. The highest BCUT2D eigenvalue weighted by atomic mass is 35.5. The highest BCUT2D eigenvalue weighted by molar-refractivity contribution is 7.13. The van der Waals surface area contributed by atoms with Gasteiger partial charge in [-0.3, -0.25) is 14.2 Å². The van der Waals surface area contributed by atoms with Crippen LogP contribution in [0.1, 0.15) is 60.8 Å². The molecule has 0 radical (unpaired) electrons. The Morgan fingerprint density at radius 2 is 1.70 bits per heavy atom. The van der Waals surface area contributed by atoms with Crippen LogP contribution in [-0.2, 0) is 12.8 Å². The molecule has 1 fully saturated rings. The number of para-hydroxylation sites is 1. The predicted molar refractivity (Wildman–Crippen MR) is 165 cm³/mol. The number of aryl methyl sites for hydroxylation is 2. The number of nitrogens with zero attached hydrogens (tertiary/aromatic N) is 3. The van der Waals surface area contributed by atoms with Gasteiger partial charge in [-0.15, -0.1) is 11.3 Å². The number of benzene rings is 2. The largest absolute Gasteiger partial charge is 0.336 e. The zero-order chi connectivity index (χ0) is 28.4. The fraction of sp³-hybridized carbons (Fsp3) is 0.344. The topological polar surface area (TPSA) is 67.2 Å². The van der Waals surface area contributed by atoms with Gasteiger partial charge in [0.25, 0.3) is 11.5 Å². The van der Waals surface area contributed by atoms with Crippen molar-refractivity contribution in [2.24, 2.45) is 0 Å². The first-order valence-corrected chi connectivity index (χ1v) is 15.2. The Labute approximate surface area is 244 Å². The third kappa shape index (κ3) is 5.38. The minimum absolute atomic E-state index is 0.0401. The molecule has 4 aromatic rings. The summed E-state index contributed by atoms with van der Waals surface area (Å²) in [4.78, 5) is 35.4. The highest BCUT2D eigenvalue weighted by Gasteiger charge is 2.29. The number of aromatic nitrogens is 2. The van der Waals surface area contributed by atoms with E-state index in [1.807, 2.05) is 39.1 Å². The van der Waals surface area contributed by atoms with E-state index in [4.69, 9.17) is 16.6 Å². The van der Waals surface area contributed by atoms with Crippen molar-refractivity contribution in [1.29, 1.82) is 0 Å². The fourth-order valence-corrected chi connectivity index (χ4v) is 6.40. The van der Waals surface area contributed by atoms with E-state index >= 15 is 0 Å². The van der Waals surface area contributed by atoms with Crippen molar-refractivity contribution in [1.82, 2.24) is 19.8 Å². The van der Waals surface area contributed by atoms with Gasteiger partial charge in [0.05, 0.1) is 22.5 Å². The van der Waals surface area contributed by atoms with E-state index < -0.39 is 0 Å². The lowest BCUT2D eigenvalue weighted by Crippen LogP contribution is -2.47. The van der Waals surface area contributed by atoms with Crippen molar-refractivity contribution < 1.29 is 4.79 Å². The van der Waals surface area contributed by atoms with Crippen LogP contribution in [0.4, 0.5) is 0 Å². The third-order valence-corrected chi connectivity index (χ3v) is 8.61. The highest BCUT2D eigenvalue weighted by Crippen LogP contribution is 2.33. The lowest BCUT2D eigenvalue weighted by Gasteiger charge is -2.30. The quantitative estimate of drug-likeness (QED) is 0.271. The van der Waals surface area contributed by atoms with Gasteiger partial charge in [-0.25, -0.2) is 4.98 Å².